The molecular formula is C21H26O. The van der Waals surface area contributed by atoms with Crippen LogP contribution in [-0.2, 0) is 4.74 Å². The van der Waals surface area contributed by atoms with Gasteiger partial charge in [0.25, 0.3) is 0 Å². The van der Waals surface area contributed by atoms with Gasteiger partial charge in [0.2, 0.25) is 0 Å². The van der Waals surface area contributed by atoms with Gasteiger partial charge in [0.05, 0.1) is 12.2 Å². The van der Waals surface area contributed by atoms with Crippen LogP contribution in [0.25, 0.3) is 0 Å². The smallest absolute Gasteiger partial charge is 0.0899 e. The second-order valence-corrected chi connectivity index (χ2v) is 7.96. The van der Waals surface area contributed by atoms with Crippen molar-refractivity contribution in [1.82, 2.24) is 0 Å². The van der Waals surface area contributed by atoms with Gasteiger partial charge in [-0.2, -0.15) is 0 Å². The molecule has 1 nitrogen and oxygen atoms in total. The zero-order chi connectivity index (χ0) is 15.3. The molecule has 0 amide bonds. The van der Waals surface area contributed by atoms with E-state index in [9.17, 15) is 0 Å². The van der Waals surface area contributed by atoms with Crippen LogP contribution in [0.3, 0.4) is 0 Å². The first-order valence-corrected chi connectivity index (χ1v) is 8.70. The quantitative estimate of drug-likeness (QED) is 0.672. The minimum absolute atomic E-state index is 0.191. The van der Waals surface area contributed by atoms with Gasteiger partial charge >= 0.3 is 0 Å². The van der Waals surface area contributed by atoms with Crippen LogP contribution in [-0.4, -0.2) is 6.10 Å². The Kier molecular flexibility index (Phi) is 3.33. The molecule has 1 heterocycles. The van der Waals surface area contributed by atoms with Crippen LogP contribution in [0.2, 0.25) is 0 Å². The van der Waals surface area contributed by atoms with Crippen LogP contribution in [0.15, 0.2) is 48.2 Å². The highest BCUT2D eigenvalue weighted by atomic mass is 16.5. The van der Waals surface area contributed by atoms with E-state index >= 15 is 0 Å². The summed E-state index contributed by atoms with van der Waals surface area (Å²) >= 11 is 0. The monoisotopic (exact) mass is 294 g/mol. The summed E-state index contributed by atoms with van der Waals surface area (Å²) in [7, 11) is 0. The number of fused-ring (bicyclic) bond motifs is 2. The summed E-state index contributed by atoms with van der Waals surface area (Å²) in [6, 6.07) is 10.6. The fraction of sp³-hybridized carbons (Fsp3) is 0.571. The van der Waals surface area contributed by atoms with Gasteiger partial charge in [-0.05, 0) is 48.0 Å². The first-order chi connectivity index (χ1) is 10.6. The maximum absolute atomic E-state index is 6.54. The molecule has 1 aliphatic heterocycles. The van der Waals surface area contributed by atoms with E-state index in [1.807, 2.05) is 0 Å². The van der Waals surface area contributed by atoms with Crippen LogP contribution < -0.4 is 0 Å². The lowest BCUT2D eigenvalue weighted by atomic mass is 9.44. The first kappa shape index (κ1) is 14.3. The van der Waals surface area contributed by atoms with Gasteiger partial charge in [0.1, 0.15) is 0 Å². The Morgan fingerprint density at radius 3 is 2.59 bits per heavy atom. The van der Waals surface area contributed by atoms with E-state index in [4.69, 9.17) is 4.74 Å². The van der Waals surface area contributed by atoms with Crippen molar-refractivity contribution >= 4 is 0 Å². The van der Waals surface area contributed by atoms with E-state index in [1.54, 1.807) is 0 Å². The molecule has 1 heteroatoms. The molecule has 3 unspecified atom stereocenters. The lowest BCUT2D eigenvalue weighted by molar-refractivity contribution is -0.141. The van der Waals surface area contributed by atoms with Crippen LogP contribution in [0, 0.1) is 23.2 Å². The van der Waals surface area contributed by atoms with Crippen molar-refractivity contribution < 1.29 is 4.74 Å². The Bertz CT molecular complexity index is 606. The molecule has 4 fully saturated rings. The summed E-state index contributed by atoms with van der Waals surface area (Å²) in [5, 5.41) is 0. The largest absolute Gasteiger partial charge is 0.365 e. The molecule has 116 valence electrons. The van der Waals surface area contributed by atoms with Crippen molar-refractivity contribution in [3.8, 4) is 0 Å². The second-order valence-electron chi connectivity index (χ2n) is 7.96. The van der Waals surface area contributed by atoms with E-state index in [2.05, 4.69) is 56.5 Å². The molecule has 1 aromatic carbocycles. The van der Waals surface area contributed by atoms with E-state index in [0.29, 0.717) is 11.3 Å². The Labute approximate surface area is 134 Å². The normalized spacial score (nSPS) is 39.2. The molecule has 0 aromatic heterocycles. The van der Waals surface area contributed by atoms with Gasteiger partial charge in [0.15, 0.2) is 0 Å². The van der Waals surface area contributed by atoms with E-state index < -0.39 is 0 Å². The Morgan fingerprint density at radius 2 is 1.95 bits per heavy atom. The number of rotatable bonds is 2. The number of hydrogen-bond donors (Lipinski definition) is 0. The zero-order valence-corrected chi connectivity index (χ0v) is 13.7. The van der Waals surface area contributed by atoms with E-state index in [1.165, 1.54) is 30.4 Å². The standard InChI is InChI=1S/C21H26O/c1-4-14-12-19(15-8-6-5-7-9-15)22-20(14)17-11-10-16-13-18(17)21(16,2)3/h5-9,16-20H,1,10-13H2,2-3H3/t16?,17?,18?,19-,20+/m0/s1. The summed E-state index contributed by atoms with van der Waals surface area (Å²) in [6.07, 6.45) is 5.48. The maximum atomic E-state index is 6.54. The highest BCUT2D eigenvalue weighted by Gasteiger charge is 2.57. The molecule has 0 N–H and O–H groups in total. The zero-order valence-electron chi connectivity index (χ0n) is 13.7. The summed E-state index contributed by atoms with van der Waals surface area (Å²) in [5.74, 6) is 2.42. The first-order valence-electron chi connectivity index (χ1n) is 8.70. The molecule has 5 atom stereocenters. The fourth-order valence-electron chi connectivity index (χ4n) is 5.25. The second kappa shape index (κ2) is 5.11. The third-order valence-electron chi connectivity index (χ3n) is 6.76. The summed E-state index contributed by atoms with van der Waals surface area (Å²) in [5.41, 5.74) is 6.32. The van der Waals surface area contributed by atoms with E-state index in [-0.39, 0.29) is 12.2 Å². The number of benzene rings is 1. The van der Waals surface area contributed by atoms with Crippen molar-refractivity contribution in [2.24, 2.45) is 23.2 Å². The van der Waals surface area contributed by atoms with Gasteiger partial charge < -0.3 is 4.74 Å². The van der Waals surface area contributed by atoms with Crippen molar-refractivity contribution in [2.45, 2.75) is 51.7 Å². The Morgan fingerprint density at radius 1 is 1.18 bits per heavy atom. The SMILES string of the molecule is C=C=C1C[C@@H](c2ccccc2)O[C@H]1C1CCC2CC1C2(C)C. The summed E-state index contributed by atoms with van der Waals surface area (Å²) < 4.78 is 6.54. The van der Waals surface area contributed by atoms with Crippen molar-refractivity contribution in [2.75, 3.05) is 0 Å². The molecule has 3 saturated carbocycles. The highest BCUT2D eigenvalue weighted by molar-refractivity contribution is 5.25. The van der Waals surface area contributed by atoms with Gasteiger partial charge in [-0.3, -0.25) is 0 Å². The van der Waals surface area contributed by atoms with Crippen molar-refractivity contribution in [3.63, 3.8) is 0 Å². The lowest BCUT2D eigenvalue weighted by Crippen LogP contribution is -2.55. The average molecular weight is 294 g/mol. The molecule has 3 aliphatic carbocycles. The third-order valence-corrected chi connectivity index (χ3v) is 6.76. The molecule has 0 spiro atoms. The molecular weight excluding hydrogens is 268 g/mol. The van der Waals surface area contributed by atoms with Gasteiger partial charge in [0, 0.05) is 12.0 Å². The Hall–Kier alpha value is -1.30. The van der Waals surface area contributed by atoms with Crippen molar-refractivity contribution in [1.29, 1.82) is 0 Å². The lowest BCUT2D eigenvalue weighted by Gasteiger charge is -2.61. The van der Waals surface area contributed by atoms with Crippen LogP contribution >= 0.6 is 0 Å². The van der Waals surface area contributed by atoms with Crippen LogP contribution in [0.1, 0.15) is 51.2 Å². The number of ether oxygens (including phenoxy) is 1. The molecule has 5 rings (SSSR count). The molecule has 2 bridgehead atoms. The predicted molar refractivity (Wildman–Crippen MR) is 89.4 cm³/mol. The number of hydrogen-bond acceptors (Lipinski definition) is 1. The van der Waals surface area contributed by atoms with Crippen LogP contribution in [0.5, 0.6) is 0 Å². The fourth-order valence-corrected chi connectivity index (χ4v) is 5.25. The maximum Gasteiger partial charge on any atom is 0.0899 e. The van der Waals surface area contributed by atoms with Gasteiger partial charge in [-0.25, -0.2) is 0 Å². The van der Waals surface area contributed by atoms with Crippen molar-refractivity contribution in [3.05, 3.63) is 53.8 Å². The third kappa shape index (κ3) is 2.03. The summed E-state index contributed by atoms with van der Waals surface area (Å²) in [4.78, 5) is 0. The molecule has 1 aromatic rings. The molecule has 4 aliphatic rings. The van der Waals surface area contributed by atoms with Gasteiger partial charge in [-0.1, -0.05) is 50.8 Å². The molecule has 0 radical (unpaired) electrons. The molecule has 1 saturated heterocycles. The average Bonchev–Trinajstić information content (AvgIpc) is 3.00. The van der Waals surface area contributed by atoms with Crippen LogP contribution in [0.4, 0.5) is 0 Å². The van der Waals surface area contributed by atoms with E-state index in [0.717, 1.165) is 18.3 Å². The minimum atomic E-state index is 0.191. The Balaban J connectivity index is 1.58. The minimum Gasteiger partial charge on any atom is -0.365 e. The predicted octanol–water partition coefficient (Wildman–Crippen LogP) is 5.30. The van der Waals surface area contributed by atoms with Gasteiger partial charge in [-0.15, -0.1) is 5.73 Å². The highest BCUT2D eigenvalue weighted by Crippen LogP contribution is 2.63. The topological polar surface area (TPSA) is 9.23 Å². The molecule has 22 heavy (non-hydrogen) atoms. The summed E-state index contributed by atoms with van der Waals surface area (Å²) in [6.45, 7) is 8.86.